The number of ether oxygens (including phenoxy) is 1. The van der Waals surface area contributed by atoms with Crippen molar-refractivity contribution in [1.29, 1.82) is 0 Å². The number of aryl methyl sites for hydroxylation is 1. The Morgan fingerprint density at radius 1 is 1.24 bits per heavy atom. The van der Waals surface area contributed by atoms with Gasteiger partial charge in [-0.1, -0.05) is 18.9 Å². The minimum absolute atomic E-state index is 0.214. The zero-order valence-electron chi connectivity index (χ0n) is 10.3. The standard InChI is InChI=1S/C15H21NO/c16-15-3-1-2-12-6-7-13(10-14(12)15)17-9-8-11-4-5-11/h6-7,10-11,15H,1-5,8-9,16H2/t15-/m1/s1. The van der Waals surface area contributed by atoms with Gasteiger partial charge in [0.25, 0.3) is 0 Å². The molecule has 0 saturated heterocycles. The molecule has 0 heterocycles. The Bertz CT molecular complexity index is 398. The van der Waals surface area contributed by atoms with Crippen molar-refractivity contribution >= 4 is 0 Å². The number of nitrogens with two attached hydrogens (primary N) is 1. The Hall–Kier alpha value is -1.02. The van der Waals surface area contributed by atoms with Gasteiger partial charge in [0.15, 0.2) is 0 Å². The van der Waals surface area contributed by atoms with Gasteiger partial charge in [-0.05, 0) is 54.9 Å². The van der Waals surface area contributed by atoms with E-state index in [1.54, 1.807) is 0 Å². The maximum absolute atomic E-state index is 6.15. The fourth-order valence-corrected chi connectivity index (χ4v) is 2.65. The molecule has 2 heteroatoms. The summed E-state index contributed by atoms with van der Waals surface area (Å²) in [5.41, 5.74) is 8.87. The van der Waals surface area contributed by atoms with Gasteiger partial charge in [-0.2, -0.15) is 0 Å². The average molecular weight is 231 g/mol. The van der Waals surface area contributed by atoms with Crippen LogP contribution in [-0.2, 0) is 6.42 Å². The third-order valence-corrected chi connectivity index (χ3v) is 3.97. The molecule has 0 aromatic heterocycles. The third kappa shape index (κ3) is 2.63. The molecule has 2 aliphatic carbocycles. The smallest absolute Gasteiger partial charge is 0.119 e. The molecule has 17 heavy (non-hydrogen) atoms. The van der Waals surface area contributed by atoms with E-state index in [2.05, 4.69) is 18.2 Å². The van der Waals surface area contributed by atoms with Crippen LogP contribution in [0.15, 0.2) is 18.2 Å². The Morgan fingerprint density at radius 2 is 2.12 bits per heavy atom. The Balaban J connectivity index is 1.65. The molecule has 3 rings (SSSR count). The van der Waals surface area contributed by atoms with Crippen LogP contribution < -0.4 is 10.5 Å². The van der Waals surface area contributed by atoms with Gasteiger partial charge in [-0.25, -0.2) is 0 Å². The summed E-state index contributed by atoms with van der Waals surface area (Å²) in [5.74, 6) is 1.94. The van der Waals surface area contributed by atoms with Crippen LogP contribution in [0.1, 0.15) is 49.3 Å². The van der Waals surface area contributed by atoms with E-state index in [-0.39, 0.29) is 6.04 Å². The minimum atomic E-state index is 0.214. The maximum Gasteiger partial charge on any atom is 0.119 e. The van der Waals surface area contributed by atoms with Gasteiger partial charge in [0.05, 0.1) is 6.61 Å². The van der Waals surface area contributed by atoms with Gasteiger partial charge < -0.3 is 10.5 Å². The van der Waals surface area contributed by atoms with Gasteiger partial charge in [0.1, 0.15) is 5.75 Å². The van der Waals surface area contributed by atoms with Gasteiger partial charge in [0, 0.05) is 6.04 Å². The number of hydrogen-bond donors (Lipinski definition) is 1. The summed E-state index contributed by atoms with van der Waals surface area (Å²) < 4.78 is 5.82. The predicted molar refractivity (Wildman–Crippen MR) is 69.1 cm³/mol. The van der Waals surface area contributed by atoms with Crippen molar-refractivity contribution in [2.24, 2.45) is 11.7 Å². The lowest BCUT2D eigenvalue weighted by Crippen LogP contribution is -2.17. The van der Waals surface area contributed by atoms with E-state index >= 15 is 0 Å². The van der Waals surface area contributed by atoms with Gasteiger partial charge in [0.2, 0.25) is 0 Å². The molecule has 0 spiro atoms. The summed E-state index contributed by atoms with van der Waals surface area (Å²) in [5, 5.41) is 0. The summed E-state index contributed by atoms with van der Waals surface area (Å²) in [6.07, 6.45) is 7.51. The van der Waals surface area contributed by atoms with Crippen LogP contribution in [0, 0.1) is 5.92 Å². The molecule has 0 unspecified atom stereocenters. The van der Waals surface area contributed by atoms with Crippen molar-refractivity contribution < 1.29 is 4.74 Å². The molecule has 1 saturated carbocycles. The van der Waals surface area contributed by atoms with E-state index < -0.39 is 0 Å². The van der Waals surface area contributed by atoms with E-state index in [0.717, 1.165) is 24.7 Å². The lowest BCUT2D eigenvalue weighted by Gasteiger charge is -2.22. The van der Waals surface area contributed by atoms with E-state index in [1.807, 2.05) is 0 Å². The second kappa shape index (κ2) is 4.69. The molecule has 92 valence electrons. The topological polar surface area (TPSA) is 35.2 Å². The van der Waals surface area contributed by atoms with Gasteiger partial charge >= 0.3 is 0 Å². The van der Waals surface area contributed by atoms with Crippen LogP contribution in [0.25, 0.3) is 0 Å². The zero-order valence-corrected chi connectivity index (χ0v) is 10.3. The fraction of sp³-hybridized carbons (Fsp3) is 0.600. The Morgan fingerprint density at radius 3 is 2.94 bits per heavy atom. The van der Waals surface area contributed by atoms with Crippen LogP contribution in [-0.4, -0.2) is 6.61 Å². The molecule has 0 amide bonds. The van der Waals surface area contributed by atoms with Crippen molar-refractivity contribution in [3.63, 3.8) is 0 Å². The highest BCUT2D eigenvalue weighted by molar-refractivity contribution is 5.39. The molecule has 0 aliphatic heterocycles. The molecule has 1 atom stereocenters. The first-order chi connectivity index (χ1) is 8.33. The Kier molecular flexibility index (Phi) is 3.06. The fourth-order valence-electron chi connectivity index (χ4n) is 2.65. The molecule has 2 nitrogen and oxygen atoms in total. The van der Waals surface area contributed by atoms with Crippen LogP contribution >= 0.6 is 0 Å². The molecule has 0 radical (unpaired) electrons. The maximum atomic E-state index is 6.15. The summed E-state index contributed by atoms with van der Waals surface area (Å²) in [4.78, 5) is 0. The van der Waals surface area contributed by atoms with E-state index in [9.17, 15) is 0 Å². The lowest BCUT2D eigenvalue weighted by molar-refractivity contribution is 0.301. The van der Waals surface area contributed by atoms with Crippen molar-refractivity contribution in [1.82, 2.24) is 0 Å². The van der Waals surface area contributed by atoms with Gasteiger partial charge in [-0.3, -0.25) is 0 Å². The van der Waals surface area contributed by atoms with Gasteiger partial charge in [-0.15, -0.1) is 0 Å². The highest BCUT2D eigenvalue weighted by Crippen LogP contribution is 2.33. The number of fused-ring (bicyclic) bond motifs is 1. The number of hydrogen-bond acceptors (Lipinski definition) is 2. The minimum Gasteiger partial charge on any atom is -0.494 e. The van der Waals surface area contributed by atoms with Crippen LogP contribution in [0.3, 0.4) is 0 Å². The molecule has 2 aliphatic rings. The first kappa shape index (κ1) is 11.1. The largest absolute Gasteiger partial charge is 0.494 e. The SMILES string of the molecule is N[C@@H]1CCCc2ccc(OCCC3CC3)cc21. The second-order valence-electron chi connectivity index (χ2n) is 5.44. The highest BCUT2D eigenvalue weighted by atomic mass is 16.5. The molecular formula is C15H21NO. The molecule has 0 bridgehead atoms. The summed E-state index contributed by atoms with van der Waals surface area (Å²) in [7, 11) is 0. The first-order valence-corrected chi connectivity index (χ1v) is 6.84. The second-order valence-corrected chi connectivity index (χ2v) is 5.44. The lowest BCUT2D eigenvalue weighted by atomic mass is 9.88. The van der Waals surface area contributed by atoms with Crippen LogP contribution in [0.2, 0.25) is 0 Å². The van der Waals surface area contributed by atoms with Crippen molar-refractivity contribution in [2.75, 3.05) is 6.61 Å². The predicted octanol–water partition coefficient (Wildman–Crippen LogP) is 3.20. The molecular weight excluding hydrogens is 210 g/mol. The average Bonchev–Trinajstić information content (AvgIpc) is 3.14. The van der Waals surface area contributed by atoms with Crippen LogP contribution in [0.4, 0.5) is 0 Å². The molecule has 1 aromatic rings. The monoisotopic (exact) mass is 231 g/mol. The van der Waals surface area contributed by atoms with Crippen LogP contribution in [0.5, 0.6) is 5.75 Å². The first-order valence-electron chi connectivity index (χ1n) is 6.84. The van der Waals surface area contributed by atoms with Crippen molar-refractivity contribution in [3.05, 3.63) is 29.3 Å². The number of benzene rings is 1. The van der Waals surface area contributed by atoms with E-state index in [1.165, 1.54) is 43.2 Å². The highest BCUT2D eigenvalue weighted by Gasteiger charge is 2.21. The third-order valence-electron chi connectivity index (χ3n) is 3.97. The van der Waals surface area contributed by atoms with Crippen molar-refractivity contribution in [3.8, 4) is 5.75 Å². The van der Waals surface area contributed by atoms with E-state index in [0.29, 0.717) is 0 Å². The summed E-state index contributed by atoms with van der Waals surface area (Å²) in [6, 6.07) is 6.67. The molecule has 1 aromatic carbocycles. The van der Waals surface area contributed by atoms with E-state index in [4.69, 9.17) is 10.5 Å². The summed E-state index contributed by atoms with van der Waals surface area (Å²) >= 11 is 0. The quantitative estimate of drug-likeness (QED) is 0.863. The van der Waals surface area contributed by atoms with Crippen molar-refractivity contribution in [2.45, 2.75) is 44.6 Å². The summed E-state index contributed by atoms with van der Waals surface area (Å²) in [6.45, 7) is 0.860. The normalized spacial score (nSPS) is 23.2. The molecule has 1 fully saturated rings. The number of rotatable bonds is 4. The zero-order chi connectivity index (χ0) is 11.7. The Labute approximate surface area is 103 Å². The molecule has 2 N–H and O–H groups in total.